The fraction of sp³-hybridized carbons (Fsp3) is 0.0625. The average molecular weight is 345 g/mol. The summed E-state index contributed by atoms with van der Waals surface area (Å²) in [4.78, 5) is 11.6. The first-order valence-corrected chi connectivity index (χ1v) is 7.37. The van der Waals surface area contributed by atoms with Gasteiger partial charge in [-0.25, -0.2) is 4.68 Å². The number of hydrogen-bond donors (Lipinski definition) is 0. The highest BCUT2D eigenvalue weighted by molar-refractivity contribution is 6.33. The molecule has 3 aromatic rings. The second kappa shape index (κ2) is 5.92. The third-order valence-electron chi connectivity index (χ3n) is 3.42. The van der Waals surface area contributed by atoms with E-state index in [1.807, 2.05) is 0 Å². The van der Waals surface area contributed by atoms with E-state index in [-0.39, 0.29) is 5.56 Å². The van der Waals surface area contributed by atoms with Crippen LogP contribution in [0.5, 0.6) is 0 Å². The quantitative estimate of drug-likeness (QED) is 0.715. The maximum Gasteiger partial charge on any atom is 0.251 e. The Labute approximate surface area is 141 Å². The Morgan fingerprint density at radius 1 is 1.22 bits per heavy atom. The van der Waals surface area contributed by atoms with Crippen molar-refractivity contribution < 1.29 is 0 Å². The van der Waals surface area contributed by atoms with Gasteiger partial charge in [-0.05, 0) is 12.1 Å². The average Bonchev–Trinajstić information content (AvgIpc) is 3.00. The largest absolute Gasteiger partial charge is 0.318 e. The van der Waals surface area contributed by atoms with Crippen molar-refractivity contribution in [3.63, 3.8) is 0 Å². The Morgan fingerprint density at radius 3 is 2.74 bits per heavy atom. The molecule has 0 aliphatic carbocycles. The van der Waals surface area contributed by atoms with Crippen molar-refractivity contribution in [3.05, 3.63) is 68.8 Å². The standard InChI is InChI=1S/C16H10Cl2N4O/c1-21-9-12(14(18)5-16(21)23)10-7-20-22(8-10)15-4-2-3-13(17)11(15)6-19/h2-5,7-9H,1H3. The second-order valence-corrected chi connectivity index (χ2v) is 5.72. The fourth-order valence-electron chi connectivity index (χ4n) is 2.23. The van der Waals surface area contributed by atoms with E-state index in [4.69, 9.17) is 23.2 Å². The lowest BCUT2D eigenvalue weighted by Gasteiger charge is -2.06. The van der Waals surface area contributed by atoms with Gasteiger partial charge in [-0.1, -0.05) is 29.3 Å². The number of benzene rings is 1. The Morgan fingerprint density at radius 2 is 2.00 bits per heavy atom. The molecule has 2 heterocycles. The summed E-state index contributed by atoms with van der Waals surface area (Å²) in [6, 6.07) is 8.58. The van der Waals surface area contributed by atoms with Crippen molar-refractivity contribution in [2.24, 2.45) is 7.05 Å². The maximum absolute atomic E-state index is 11.6. The van der Waals surface area contributed by atoms with Crippen molar-refractivity contribution in [1.29, 1.82) is 5.26 Å². The first-order chi connectivity index (χ1) is 11.0. The van der Waals surface area contributed by atoms with Crippen LogP contribution in [-0.2, 0) is 7.05 Å². The van der Waals surface area contributed by atoms with E-state index < -0.39 is 0 Å². The molecule has 5 nitrogen and oxygen atoms in total. The number of halogens is 2. The van der Waals surface area contributed by atoms with E-state index in [0.717, 1.165) is 5.56 Å². The maximum atomic E-state index is 11.6. The minimum atomic E-state index is -0.187. The van der Waals surface area contributed by atoms with Gasteiger partial charge in [-0.15, -0.1) is 0 Å². The summed E-state index contributed by atoms with van der Waals surface area (Å²) in [6.45, 7) is 0. The van der Waals surface area contributed by atoms with Gasteiger partial charge >= 0.3 is 0 Å². The minimum absolute atomic E-state index is 0.187. The van der Waals surface area contributed by atoms with Crippen LogP contribution in [0.15, 0.2) is 47.7 Å². The molecule has 0 bridgehead atoms. The third kappa shape index (κ3) is 2.74. The minimum Gasteiger partial charge on any atom is -0.318 e. The molecule has 0 fully saturated rings. The second-order valence-electron chi connectivity index (χ2n) is 4.90. The van der Waals surface area contributed by atoms with Crippen molar-refractivity contribution in [2.75, 3.05) is 0 Å². The van der Waals surface area contributed by atoms with E-state index in [2.05, 4.69) is 11.2 Å². The number of pyridine rings is 1. The number of aromatic nitrogens is 3. The first kappa shape index (κ1) is 15.3. The predicted molar refractivity (Wildman–Crippen MR) is 89.0 cm³/mol. The monoisotopic (exact) mass is 344 g/mol. The van der Waals surface area contributed by atoms with Gasteiger partial charge in [0.1, 0.15) is 6.07 Å². The Balaban J connectivity index is 2.13. The summed E-state index contributed by atoms with van der Waals surface area (Å²) in [6.07, 6.45) is 5.00. The number of nitrogens with zero attached hydrogens (tertiary/aromatic N) is 4. The highest BCUT2D eigenvalue weighted by Gasteiger charge is 2.12. The van der Waals surface area contributed by atoms with Crippen LogP contribution in [0, 0.1) is 11.3 Å². The summed E-state index contributed by atoms with van der Waals surface area (Å²) in [5, 5.41) is 14.2. The molecule has 0 saturated carbocycles. The molecule has 0 saturated heterocycles. The lowest BCUT2D eigenvalue weighted by atomic mass is 10.1. The Hall–Kier alpha value is -2.55. The molecule has 2 aromatic heterocycles. The normalized spacial score (nSPS) is 10.5. The van der Waals surface area contributed by atoms with Crippen LogP contribution in [0.2, 0.25) is 10.0 Å². The van der Waals surface area contributed by atoms with Crippen LogP contribution < -0.4 is 5.56 Å². The molecule has 114 valence electrons. The van der Waals surface area contributed by atoms with E-state index in [0.29, 0.717) is 26.9 Å². The highest BCUT2D eigenvalue weighted by atomic mass is 35.5. The van der Waals surface area contributed by atoms with Gasteiger partial charge in [0, 0.05) is 36.6 Å². The van der Waals surface area contributed by atoms with Crippen molar-refractivity contribution in [2.45, 2.75) is 0 Å². The molecular formula is C16H10Cl2N4O. The van der Waals surface area contributed by atoms with Crippen LogP contribution >= 0.6 is 23.2 Å². The molecule has 0 amide bonds. The van der Waals surface area contributed by atoms with E-state index in [1.54, 1.807) is 48.5 Å². The van der Waals surface area contributed by atoms with Gasteiger partial charge in [0.05, 0.1) is 27.5 Å². The first-order valence-electron chi connectivity index (χ1n) is 6.61. The molecule has 23 heavy (non-hydrogen) atoms. The predicted octanol–water partition coefficient (Wildman–Crippen LogP) is 3.42. The number of rotatable bonds is 2. The van der Waals surface area contributed by atoms with E-state index >= 15 is 0 Å². The molecule has 0 N–H and O–H groups in total. The van der Waals surface area contributed by atoms with E-state index in [1.165, 1.54) is 10.6 Å². The zero-order valence-electron chi connectivity index (χ0n) is 12.0. The van der Waals surface area contributed by atoms with Crippen LogP contribution in [-0.4, -0.2) is 14.3 Å². The Bertz CT molecular complexity index is 998. The zero-order valence-corrected chi connectivity index (χ0v) is 13.5. The van der Waals surface area contributed by atoms with Crippen LogP contribution in [0.25, 0.3) is 16.8 Å². The van der Waals surface area contributed by atoms with Crippen LogP contribution in [0.4, 0.5) is 0 Å². The number of aryl methyl sites for hydroxylation is 1. The van der Waals surface area contributed by atoms with Gasteiger partial charge < -0.3 is 4.57 Å². The Kier molecular flexibility index (Phi) is 3.95. The summed E-state index contributed by atoms with van der Waals surface area (Å²) < 4.78 is 3.00. The summed E-state index contributed by atoms with van der Waals surface area (Å²) >= 11 is 12.2. The topological polar surface area (TPSA) is 63.6 Å². The lowest BCUT2D eigenvalue weighted by molar-refractivity contribution is 0.862. The van der Waals surface area contributed by atoms with Crippen molar-refractivity contribution in [1.82, 2.24) is 14.3 Å². The summed E-state index contributed by atoms with van der Waals surface area (Å²) in [5.74, 6) is 0. The molecule has 0 unspecified atom stereocenters. The van der Waals surface area contributed by atoms with Gasteiger partial charge in [-0.2, -0.15) is 10.4 Å². The molecule has 0 aliphatic heterocycles. The van der Waals surface area contributed by atoms with Gasteiger partial charge in [0.2, 0.25) is 0 Å². The summed E-state index contributed by atoms with van der Waals surface area (Å²) in [5.41, 5.74) is 2.14. The van der Waals surface area contributed by atoms with Gasteiger partial charge in [-0.3, -0.25) is 4.79 Å². The van der Waals surface area contributed by atoms with E-state index in [9.17, 15) is 10.1 Å². The fourth-order valence-corrected chi connectivity index (χ4v) is 2.69. The third-order valence-corrected chi connectivity index (χ3v) is 4.05. The molecule has 7 heteroatoms. The molecule has 0 spiro atoms. The molecule has 1 aromatic carbocycles. The molecule has 3 rings (SSSR count). The highest BCUT2D eigenvalue weighted by Crippen LogP contribution is 2.28. The van der Waals surface area contributed by atoms with Gasteiger partial charge in [0.25, 0.3) is 5.56 Å². The zero-order chi connectivity index (χ0) is 16.6. The smallest absolute Gasteiger partial charge is 0.251 e. The molecule has 0 atom stereocenters. The lowest BCUT2D eigenvalue weighted by Crippen LogP contribution is -2.14. The van der Waals surface area contributed by atoms with Crippen molar-refractivity contribution >= 4 is 23.2 Å². The number of nitriles is 1. The van der Waals surface area contributed by atoms with Crippen molar-refractivity contribution in [3.8, 4) is 22.9 Å². The molecule has 0 radical (unpaired) electrons. The SMILES string of the molecule is Cn1cc(-c2cnn(-c3cccc(Cl)c3C#N)c2)c(Cl)cc1=O. The summed E-state index contributed by atoms with van der Waals surface area (Å²) in [7, 11) is 1.65. The van der Waals surface area contributed by atoms with Crippen LogP contribution in [0.3, 0.4) is 0 Å². The van der Waals surface area contributed by atoms with Crippen LogP contribution in [0.1, 0.15) is 5.56 Å². The number of hydrogen-bond acceptors (Lipinski definition) is 3. The molecular weight excluding hydrogens is 335 g/mol. The molecule has 0 aliphatic rings. The van der Waals surface area contributed by atoms with Gasteiger partial charge in [0.15, 0.2) is 0 Å².